The molecule has 0 aliphatic heterocycles. The van der Waals surface area contributed by atoms with Gasteiger partial charge in [0.1, 0.15) is 5.15 Å². The number of rotatable bonds is 3. The second-order valence-corrected chi connectivity index (χ2v) is 4.81. The largest absolute Gasteiger partial charge is 0.324 e. The average molecular weight is 275 g/mol. The molecule has 0 bridgehead atoms. The molecule has 1 amide bonds. The molecule has 3 nitrogen and oxygen atoms in total. The summed E-state index contributed by atoms with van der Waals surface area (Å²) in [5.74, 6) is -0.271. The Hall–Kier alpha value is -1.87. The Morgan fingerprint density at radius 1 is 1.32 bits per heavy atom. The zero-order chi connectivity index (χ0) is 13.8. The second-order valence-electron chi connectivity index (χ2n) is 4.45. The van der Waals surface area contributed by atoms with Crippen LogP contribution in [0.2, 0.25) is 5.15 Å². The fraction of sp³-hybridized carbons (Fsp3) is 0.200. The van der Waals surface area contributed by atoms with Crippen LogP contribution in [-0.4, -0.2) is 10.9 Å². The number of aromatic nitrogens is 1. The molecule has 19 heavy (non-hydrogen) atoms. The van der Waals surface area contributed by atoms with Crippen LogP contribution in [0, 0.1) is 6.92 Å². The van der Waals surface area contributed by atoms with Crippen molar-refractivity contribution in [3.8, 4) is 0 Å². The Kier molecular flexibility index (Phi) is 4.17. The van der Waals surface area contributed by atoms with Crippen LogP contribution >= 0.6 is 11.6 Å². The van der Waals surface area contributed by atoms with Crippen molar-refractivity contribution in [2.24, 2.45) is 0 Å². The van der Waals surface area contributed by atoms with Crippen LogP contribution < -0.4 is 5.32 Å². The summed E-state index contributed by atoms with van der Waals surface area (Å²) in [5.41, 5.74) is 2.49. The molecule has 0 aliphatic rings. The molecule has 1 heterocycles. The minimum Gasteiger partial charge on any atom is -0.324 e. The van der Waals surface area contributed by atoms with Crippen molar-refractivity contribution in [2.75, 3.05) is 5.32 Å². The van der Waals surface area contributed by atoms with Crippen LogP contribution in [0.1, 0.15) is 24.0 Å². The van der Waals surface area contributed by atoms with E-state index in [9.17, 15) is 4.79 Å². The smallest absolute Gasteiger partial charge is 0.231 e. The molecule has 0 radical (unpaired) electrons. The number of hydrogen-bond acceptors (Lipinski definition) is 2. The number of nitrogens with one attached hydrogen (secondary N) is 1. The lowest BCUT2D eigenvalue weighted by Gasteiger charge is -2.12. The molecule has 1 aromatic heterocycles. The zero-order valence-electron chi connectivity index (χ0n) is 10.9. The maximum absolute atomic E-state index is 12.1. The van der Waals surface area contributed by atoms with Crippen molar-refractivity contribution in [3.05, 3.63) is 58.9 Å². The highest BCUT2D eigenvalue weighted by Crippen LogP contribution is 2.19. The number of nitrogens with zero attached hydrogens (tertiary/aromatic N) is 1. The first-order valence-corrected chi connectivity index (χ1v) is 6.43. The lowest BCUT2D eigenvalue weighted by atomic mass is 10.0. The Morgan fingerprint density at radius 2 is 2.00 bits per heavy atom. The molecule has 0 saturated heterocycles. The quantitative estimate of drug-likeness (QED) is 0.866. The molecule has 1 atom stereocenters. The van der Waals surface area contributed by atoms with E-state index in [0.29, 0.717) is 10.8 Å². The molecular weight excluding hydrogens is 260 g/mol. The predicted molar refractivity (Wildman–Crippen MR) is 77.5 cm³/mol. The van der Waals surface area contributed by atoms with E-state index in [1.54, 1.807) is 6.20 Å². The van der Waals surface area contributed by atoms with E-state index >= 15 is 0 Å². The van der Waals surface area contributed by atoms with Crippen LogP contribution in [0.15, 0.2) is 42.6 Å². The minimum atomic E-state index is -0.211. The van der Waals surface area contributed by atoms with Gasteiger partial charge in [-0.3, -0.25) is 4.79 Å². The van der Waals surface area contributed by atoms with Crippen molar-refractivity contribution >= 4 is 23.2 Å². The fourth-order valence-corrected chi connectivity index (χ4v) is 1.87. The summed E-state index contributed by atoms with van der Waals surface area (Å²) in [6.45, 7) is 3.73. The van der Waals surface area contributed by atoms with Gasteiger partial charge in [-0.1, -0.05) is 41.9 Å². The summed E-state index contributed by atoms with van der Waals surface area (Å²) in [6, 6.07) is 11.5. The molecule has 2 aromatic rings. The number of benzene rings is 1. The van der Waals surface area contributed by atoms with E-state index in [2.05, 4.69) is 10.3 Å². The topological polar surface area (TPSA) is 42.0 Å². The monoisotopic (exact) mass is 274 g/mol. The molecule has 0 aliphatic carbocycles. The van der Waals surface area contributed by atoms with Crippen molar-refractivity contribution in [3.63, 3.8) is 0 Å². The summed E-state index contributed by atoms with van der Waals surface area (Å²) in [4.78, 5) is 16.2. The van der Waals surface area contributed by atoms with Gasteiger partial charge in [-0.2, -0.15) is 0 Å². The normalized spacial score (nSPS) is 11.9. The Balaban J connectivity index is 2.10. The number of amides is 1. The third-order valence-electron chi connectivity index (χ3n) is 2.97. The first-order chi connectivity index (χ1) is 9.08. The standard InChI is InChI=1S/C15H15ClN2O/c1-10-8-13(9-17-14(10)16)18-15(19)11(2)12-6-4-3-5-7-12/h3-9,11H,1-2H3,(H,18,19). The first-order valence-electron chi connectivity index (χ1n) is 6.06. The lowest BCUT2D eigenvalue weighted by molar-refractivity contribution is -0.117. The molecule has 1 N–H and O–H groups in total. The summed E-state index contributed by atoms with van der Waals surface area (Å²) in [5, 5.41) is 3.30. The maximum Gasteiger partial charge on any atom is 0.231 e. The Labute approximate surface area is 117 Å². The number of pyridine rings is 1. The first kappa shape index (κ1) is 13.6. The maximum atomic E-state index is 12.1. The third kappa shape index (κ3) is 3.32. The zero-order valence-corrected chi connectivity index (χ0v) is 11.6. The van der Waals surface area contributed by atoms with Gasteiger partial charge in [-0.25, -0.2) is 4.98 Å². The SMILES string of the molecule is Cc1cc(NC(=O)C(C)c2ccccc2)cnc1Cl. The van der Waals surface area contributed by atoms with Crippen molar-refractivity contribution in [2.45, 2.75) is 19.8 Å². The van der Waals surface area contributed by atoms with Gasteiger partial charge in [0.05, 0.1) is 17.8 Å². The molecule has 98 valence electrons. The van der Waals surface area contributed by atoms with E-state index < -0.39 is 0 Å². The van der Waals surface area contributed by atoms with Gasteiger partial charge in [-0.15, -0.1) is 0 Å². The van der Waals surface area contributed by atoms with Gasteiger partial charge in [0.2, 0.25) is 5.91 Å². The minimum absolute atomic E-state index is 0.0604. The summed E-state index contributed by atoms with van der Waals surface area (Å²) >= 11 is 5.85. The fourth-order valence-electron chi connectivity index (χ4n) is 1.77. The second kappa shape index (κ2) is 5.85. The summed E-state index contributed by atoms with van der Waals surface area (Å²) in [6.07, 6.45) is 1.56. The van der Waals surface area contributed by atoms with Crippen molar-refractivity contribution in [1.29, 1.82) is 0 Å². The van der Waals surface area contributed by atoms with E-state index in [-0.39, 0.29) is 11.8 Å². The highest BCUT2D eigenvalue weighted by atomic mass is 35.5. The van der Waals surface area contributed by atoms with E-state index in [4.69, 9.17) is 11.6 Å². The number of halogens is 1. The van der Waals surface area contributed by atoms with Crippen LogP contribution in [-0.2, 0) is 4.79 Å². The molecular formula is C15H15ClN2O. The average Bonchev–Trinajstić information content (AvgIpc) is 2.43. The van der Waals surface area contributed by atoms with E-state index in [1.165, 1.54) is 0 Å². The van der Waals surface area contributed by atoms with Gasteiger partial charge in [0.25, 0.3) is 0 Å². The number of hydrogen-bond donors (Lipinski definition) is 1. The van der Waals surface area contributed by atoms with E-state index in [1.807, 2.05) is 50.2 Å². The Bertz CT molecular complexity index is 584. The number of carbonyl (C=O) groups is 1. The highest BCUT2D eigenvalue weighted by Gasteiger charge is 2.15. The van der Waals surface area contributed by atoms with Crippen molar-refractivity contribution < 1.29 is 4.79 Å². The molecule has 1 aromatic carbocycles. The molecule has 0 spiro atoms. The molecule has 2 rings (SSSR count). The Morgan fingerprint density at radius 3 is 2.63 bits per heavy atom. The van der Waals surface area contributed by atoms with Crippen LogP contribution in [0.3, 0.4) is 0 Å². The van der Waals surface area contributed by atoms with Gasteiger partial charge in [0.15, 0.2) is 0 Å². The van der Waals surface area contributed by atoms with Crippen LogP contribution in [0.4, 0.5) is 5.69 Å². The highest BCUT2D eigenvalue weighted by molar-refractivity contribution is 6.30. The summed E-state index contributed by atoms with van der Waals surface area (Å²) < 4.78 is 0. The van der Waals surface area contributed by atoms with E-state index in [0.717, 1.165) is 11.1 Å². The lowest BCUT2D eigenvalue weighted by Crippen LogP contribution is -2.19. The number of anilines is 1. The number of carbonyl (C=O) groups excluding carboxylic acids is 1. The molecule has 4 heteroatoms. The van der Waals surface area contributed by atoms with Gasteiger partial charge >= 0.3 is 0 Å². The van der Waals surface area contributed by atoms with Crippen LogP contribution in [0.25, 0.3) is 0 Å². The van der Waals surface area contributed by atoms with Crippen molar-refractivity contribution in [1.82, 2.24) is 4.98 Å². The number of aryl methyl sites for hydroxylation is 1. The third-order valence-corrected chi connectivity index (χ3v) is 3.37. The molecule has 0 saturated carbocycles. The van der Waals surface area contributed by atoms with Gasteiger partial charge < -0.3 is 5.32 Å². The van der Waals surface area contributed by atoms with Crippen LogP contribution in [0.5, 0.6) is 0 Å². The van der Waals surface area contributed by atoms with Gasteiger partial charge in [0, 0.05) is 0 Å². The summed E-state index contributed by atoms with van der Waals surface area (Å²) in [7, 11) is 0. The molecule has 0 fully saturated rings. The molecule has 1 unspecified atom stereocenters. The van der Waals surface area contributed by atoms with Gasteiger partial charge in [-0.05, 0) is 31.0 Å². The predicted octanol–water partition coefficient (Wildman–Crippen LogP) is 3.79.